The van der Waals surface area contributed by atoms with Crippen LogP contribution in [-0.4, -0.2) is 18.4 Å². The molecule has 0 aromatic heterocycles. The summed E-state index contributed by atoms with van der Waals surface area (Å²) in [6.45, 7) is 2.90. The highest BCUT2D eigenvalue weighted by molar-refractivity contribution is 6.06. The number of amides is 2. The van der Waals surface area contributed by atoms with Gasteiger partial charge in [-0.05, 0) is 54.4 Å². The van der Waals surface area contributed by atoms with E-state index in [4.69, 9.17) is 4.74 Å². The minimum absolute atomic E-state index is 0.0390. The van der Waals surface area contributed by atoms with Gasteiger partial charge in [-0.15, -0.1) is 0 Å². The highest BCUT2D eigenvalue weighted by Gasteiger charge is 2.19. The fraction of sp³-hybridized carbons (Fsp3) is 0.333. The SMILES string of the molecule is CCCCCCOc1ccc(NC(=O)c2ccc3c(c2)CC(=O)N3)cc1. The van der Waals surface area contributed by atoms with Gasteiger partial charge in [0.2, 0.25) is 5.91 Å². The Morgan fingerprint density at radius 2 is 1.92 bits per heavy atom. The number of carbonyl (C=O) groups is 2. The van der Waals surface area contributed by atoms with Crippen LogP contribution in [0.5, 0.6) is 5.75 Å². The van der Waals surface area contributed by atoms with Crippen LogP contribution in [0.2, 0.25) is 0 Å². The Balaban J connectivity index is 1.53. The molecule has 2 aromatic rings. The molecule has 1 aliphatic heterocycles. The number of ether oxygens (including phenoxy) is 1. The molecule has 26 heavy (non-hydrogen) atoms. The van der Waals surface area contributed by atoms with Crippen LogP contribution in [0.4, 0.5) is 11.4 Å². The molecule has 0 radical (unpaired) electrons. The lowest BCUT2D eigenvalue weighted by Gasteiger charge is -2.09. The number of nitrogens with one attached hydrogen (secondary N) is 2. The summed E-state index contributed by atoms with van der Waals surface area (Å²) in [6, 6.07) is 12.6. The summed E-state index contributed by atoms with van der Waals surface area (Å²) in [6.07, 6.45) is 5.02. The molecule has 5 nitrogen and oxygen atoms in total. The molecule has 1 heterocycles. The van der Waals surface area contributed by atoms with E-state index in [1.165, 1.54) is 19.3 Å². The van der Waals surface area contributed by atoms with Gasteiger partial charge in [-0.2, -0.15) is 0 Å². The first-order valence-corrected chi connectivity index (χ1v) is 9.12. The Morgan fingerprint density at radius 1 is 1.12 bits per heavy atom. The van der Waals surface area contributed by atoms with Crippen molar-refractivity contribution in [1.82, 2.24) is 0 Å². The predicted octanol–water partition coefficient (Wildman–Crippen LogP) is 4.39. The number of hydrogen-bond acceptors (Lipinski definition) is 3. The van der Waals surface area contributed by atoms with Crippen LogP contribution in [0.25, 0.3) is 0 Å². The van der Waals surface area contributed by atoms with Gasteiger partial charge in [-0.25, -0.2) is 0 Å². The van der Waals surface area contributed by atoms with E-state index in [2.05, 4.69) is 17.6 Å². The predicted molar refractivity (Wildman–Crippen MR) is 103 cm³/mol. The zero-order valence-corrected chi connectivity index (χ0v) is 15.0. The molecular formula is C21H24N2O3. The normalized spacial score (nSPS) is 12.4. The van der Waals surface area contributed by atoms with E-state index in [-0.39, 0.29) is 11.8 Å². The van der Waals surface area contributed by atoms with E-state index in [1.54, 1.807) is 18.2 Å². The molecule has 136 valence electrons. The van der Waals surface area contributed by atoms with Crippen molar-refractivity contribution in [3.63, 3.8) is 0 Å². The molecule has 0 atom stereocenters. The molecule has 0 aliphatic carbocycles. The maximum absolute atomic E-state index is 12.4. The Bertz CT molecular complexity index is 784. The van der Waals surface area contributed by atoms with Gasteiger partial charge in [-0.3, -0.25) is 9.59 Å². The Labute approximate surface area is 153 Å². The fourth-order valence-electron chi connectivity index (χ4n) is 2.93. The third-order valence-corrected chi connectivity index (χ3v) is 4.37. The van der Waals surface area contributed by atoms with E-state index in [1.807, 2.05) is 24.3 Å². The smallest absolute Gasteiger partial charge is 0.255 e. The molecule has 0 bridgehead atoms. The Kier molecular flexibility index (Phi) is 5.89. The van der Waals surface area contributed by atoms with E-state index in [0.717, 1.165) is 23.4 Å². The topological polar surface area (TPSA) is 67.4 Å². The molecule has 5 heteroatoms. The second kappa shape index (κ2) is 8.52. The van der Waals surface area contributed by atoms with Crippen molar-refractivity contribution in [2.45, 2.75) is 39.0 Å². The largest absolute Gasteiger partial charge is 0.494 e. The monoisotopic (exact) mass is 352 g/mol. The number of rotatable bonds is 8. The van der Waals surface area contributed by atoms with Crippen LogP contribution in [0, 0.1) is 0 Å². The summed E-state index contributed by atoms with van der Waals surface area (Å²) < 4.78 is 5.71. The molecule has 0 saturated carbocycles. The van der Waals surface area contributed by atoms with Crippen LogP contribution < -0.4 is 15.4 Å². The number of hydrogen-bond donors (Lipinski definition) is 2. The fourth-order valence-corrected chi connectivity index (χ4v) is 2.93. The molecule has 0 fully saturated rings. The Morgan fingerprint density at radius 3 is 2.69 bits per heavy atom. The van der Waals surface area contributed by atoms with Crippen LogP contribution >= 0.6 is 0 Å². The summed E-state index contributed by atoms with van der Waals surface area (Å²) >= 11 is 0. The average Bonchev–Trinajstić information content (AvgIpc) is 3.02. The summed E-state index contributed by atoms with van der Waals surface area (Å²) in [5.41, 5.74) is 2.89. The minimum atomic E-state index is -0.194. The molecule has 2 amide bonds. The maximum Gasteiger partial charge on any atom is 0.255 e. The third kappa shape index (κ3) is 4.63. The number of fused-ring (bicyclic) bond motifs is 1. The zero-order valence-electron chi connectivity index (χ0n) is 15.0. The quantitative estimate of drug-likeness (QED) is 0.692. The van der Waals surface area contributed by atoms with E-state index in [0.29, 0.717) is 24.3 Å². The van der Waals surface area contributed by atoms with Gasteiger partial charge in [0.1, 0.15) is 5.75 Å². The number of anilines is 2. The average molecular weight is 352 g/mol. The zero-order chi connectivity index (χ0) is 18.4. The van der Waals surface area contributed by atoms with Gasteiger partial charge in [-0.1, -0.05) is 26.2 Å². The van der Waals surface area contributed by atoms with Gasteiger partial charge in [0.25, 0.3) is 5.91 Å². The molecule has 0 spiro atoms. The number of benzene rings is 2. The van der Waals surface area contributed by atoms with Gasteiger partial charge < -0.3 is 15.4 Å². The Hall–Kier alpha value is -2.82. The molecule has 3 rings (SSSR count). The van der Waals surface area contributed by atoms with Crippen molar-refractivity contribution < 1.29 is 14.3 Å². The molecular weight excluding hydrogens is 328 g/mol. The molecule has 2 aromatic carbocycles. The van der Waals surface area contributed by atoms with Crippen LogP contribution in [0.15, 0.2) is 42.5 Å². The van der Waals surface area contributed by atoms with Crippen molar-refractivity contribution >= 4 is 23.2 Å². The van der Waals surface area contributed by atoms with Crippen LogP contribution in [0.3, 0.4) is 0 Å². The first-order chi connectivity index (χ1) is 12.7. The van der Waals surface area contributed by atoms with Crippen molar-refractivity contribution in [2.75, 3.05) is 17.2 Å². The highest BCUT2D eigenvalue weighted by atomic mass is 16.5. The van der Waals surface area contributed by atoms with Crippen molar-refractivity contribution in [2.24, 2.45) is 0 Å². The van der Waals surface area contributed by atoms with Gasteiger partial charge in [0.15, 0.2) is 0 Å². The lowest BCUT2D eigenvalue weighted by molar-refractivity contribution is -0.115. The third-order valence-electron chi connectivity index (χ3n) is 4.37. The second-order valence-corrected chi connectivity index (χ2v) is 6.48. The number of carbonyl (C=O) groups excluding carboxylic acids is 2. The second-order valence-electron chi connectivity index (χ2n) is 6.48. The van der Waals surface area contributed by atoms with E-state index in [9.17, 15) is 9.59 Å². The summed E-state index contributed by atoms with van der Waals surface area (Å²) in [5.74, 6) is 0.574. The highest BCUT2D eigenvalue weighted by Crippen LogP contribution is 2.24. The van der Waals surface area contributed by atoms with E-state index >= 15 is 0 Å². The van der Waals surface area contributed by atoms with Gasteiger partial charge >= 0.3 is 0 Å². The van der Waals surface area contributed by atoms with Crippen LogP contribution in [0.1, 0.15) is 48.5 Å². The standard InChI is InChI=1S/C21H24N2O3/c1-2-3-4-5-12-26-18-9-7-17(8-10-18)22-21(25)15-6-11-19-16(13-15)14-20(24)23-19/h6-11,13H,2-5,12,14H2,1H3,(H,22,25)(H,23,24). The minimum Gasteiger partial charge on any atom is -0.494 e. The van der Waals surface area contributed by atoms with Crippen molar-refractivity contribution in [3.05, 3.63) is 53.6 Å². The summed E-state index contributed by atoms with van der Waals surface area (Å²) in [7, 11) is 0. The molecule has 1 aliphatic rings. The van der Waals surface area contributed by atoms with Crippen molar-refractivity contribution in [1.29, 1.82) is 0 Å². The summed E-state index contributed by atoms with van der Waals surface area (Å²) in [4.78, 5) is 23.8. The molecule has 0 saturated heterocycles. The van der Waals surface area contributed by atoms with Gasteiger partial charge in [0, 0.05) is 16.9 Å². The van der Waals surface area contributed by atoms with Gasteiger partial charge in [0.05, 0.1) is 13.0 Å². The van der Waals surface area contributed by atoms with Crippen LogP contribution in [-0.2, 0) is 11.2 Å². The molecule has 0 unspecified atom stereocenters. The maximum atomic E-state index is 12.4. The summed E-state index contributed by atoms with van der Waals surface area (Å²) in [5, 5.41) is 5.63. The first kappa shape index (κ1) is 18.0. The van der Waals surface area contributed by atoms with E-state index < -0.39 is 0 Å². The lowest BCUT2D eigenvalue weighted by Crippen LogP contribution is -2.12. The molecule has 2 N–H and O–H groups in total. The van der Waals surface area contributed by atoms with Crippen molar-refractivity contribution in [3.8, 4) is 5.75 Å². The number of unbranched alkanes of at least 4 members (excludes halogenated alkanes) is 3. The first-order valence-electron chi connectivity index (χ1n) is 9.12. The lowest BCUT2D eigenvalue weighted by atomic mass is 10.1.